The van der Waals surface area contributed by atoms with Crippen LogP contribution in [-0.4, -0.2) is 0 Å². The van der Waals surface area contributed by atoms with Gasteiger partial charge in [0.25, 0.3) is 0 Å². The van der Waals surface area contributed by atoms with Crippen molar-refractivity contribution in [3.63, 3.8) is 0 Å². The molecule has 1 nitrogen and oxygen atoms in total. The van der Waals surface area contributed by atoms with Crippen molar-refractivity contribution in [2.75, 3.05) is 0 Å². The van der Waals surface area contributed by atoms with Gasteiger partial charge in [-0.05, 0) is 25.0 Å². The number of aryl methyl sites for hydroxylation is 2. The third-order valence-corrected chi connectivity index (χ3v) is 2.42. The largest absolute Gasteiger partial charge is 0.461 e. The van der Waals surface area contributed by atoms with Crippen molar-refractivity contribution in [2.45, 2.75) is 26.7 Å². The number of furan rings is 1. The first kappa shape index (κ1) is 8.36. The van der Waals surface area contributed by atoms with Crippen LogP contribution >= 0.6 is 0 Å². The van der Waals surface area contributed by atoms with Crippen molar-refractivity contribution in [1.29, 1.82) is 0 Å². The smallest absolute Gasteiger partial charge is 0.134 e. The Balaban J connectivity index is 2.60. The summed E-state index contributed by atoms with van der Waals surface area (Å²) >= 11 is 0. The van der Waals surface area contributed by atoms with Crippen molar-refractivity contribution >= 4 is 11.0 Å². The predicted molar refractivity (Wildman–Crippen MR) is 54.9 cm³/mol. The fourth-order valence-electron chi connectivity index (χ4n) is 1.69. The van der Waals surface area contributed by atoms with Gasteiger partial charge in [0.2, 0.25) is 0 Å². The molecule has 1 heterocycles. The number of benzene rings is 1. The van der Waals surface area contributed by atoms with Crippen LogP contribution in [0.4, 0.5) is 0 Å². The van der Waals surface area contributed by atoms with Crippen molar-refractivity contribution in [1.82, 2.24) is 0 Å². The first-order chi connectivity index (χ1) is 6.33. The van der Waals surface area contributed by atoms with E-state index in [0.29, 0.717) is 0 Å². The zero-order valence-electron chi connectivity index (χ0n) is 8.13. The van der Waals surface area contributed by atoms with Gasteiger partial charge >= 0.3 is 0 Å². The zero-order chi connectivity index (χ0) is 9.26. The van der Waals surface area contributed by atoms with E-state index in [9.17, 15) is 0 Å². The van der Waals surface area contributed by atoms with Crippen molar-refractivity contribution in [2.24, 2.45) is 0 Å². The molecule has 0 spiro atoms. The molecule has 0 aliphatic heterocycles. The van der Waals surface area contributed by atoms with E-state index in [1.807, 2.05) is 12.1 Å². The summed E-state index contributed by atoms with van der Waals surface area (Å²) in [5.74, 6) is 1.14. The summed E-state index contributed by atoms with van der Waals surface area (Å²) in [4.78, 5) is 0. The number of hydrogen-bond donors (Lipinski definition) is 0. The van der Waals surface area contributed by atoms with Crippen LogP contribution < -0.4 is 0 Å². The second kappa shape index (κ2) is 3.25. The highest BCUT2D eigenvalue weighted by molar-refractivity contribution is 5.81. The highest BCUT2D eigenvalue weighted by Gasteiger charge is 2.07. The molecule has 0 N–H and O–H groups in total. The molecule has 1 aromatic heterocycles. The second-order valence-electron chi connectivity index (χ2n) is 3.40. The fraction of sp³-hybridized carbons (Fsp3) is 0.333. The van der Waals surface area contributed by atoms with E-state index in [1.165, 1.54) is 10.9 Å². The molecule has 0 saturated heterocycles. The van der Waals surface area contributed by atoms with Gasteiger partial charge in [0.1, 0.15) is 11.3 Å². The molecular weight excluding hydrogens is 160 g/mol. The van der Waals surface area contributed by atoms with Gasteiger partial charge in [-0.25, -0.2) is 0 Å². The first-order valence-corrected chi connectivity index (χ1v) is 4.80. The van der Waals surface area contributed by atoms with E-state index in [1.54, 1.807) is 0 Å². The third kappa shape index (κ3) is 1.35. The van der Waals surface area contributed by atoms with Crippen LogP contribution in [0.1, 0.15) is 24.7 Å². The van der Waals surface area contributed by atoms with E-state index in [0.717, 1.165) is 24.2 Å². The second-order valence-corrected chi connectivity index (χ2v) is 3.40. The molecule has 2 rings (SSSR count). The summed E-state index contributed by atoms with van der Waals surface area (Å²) in [7, 11) is 0. The van der Waals surface area contributed by atoms with E-state index in [2.05, 4.69) is 26.0 Å². The number of hydrogen-bond acceptors (Lipinski definition) is 1. The molecule has 1 heteroatoms. The molecule has 2 aromatic rings. The first-order valence-electron chi connectivity index (χ1n) is 4.80. The monoisotopic (exact) mass is 174 g/mol. The average Bonchev–Trinajstić information content (AvgIpc) is 2.46. The lowest BCUT2D eigenvalue weighted by Crippen LogP contribution is -1.81. The molecule has 0 aliphatic carbocycles. The van der Waals surface area contributed by atoms with Crippen LogP contribution in [0.15, 0.2) is 28.7 Å². The highest BCUT2D eigenvalue weighted by Crippen LogP contribution is 2.25. The Morgan fingerprint density at radius 1 is 1.23 bits per heavy atom. The van der Waals surface area contributed by atoms with Crippen LogP contribution in [0.25, 0.3) is 11.0 Å². The standard InChI is InChI=1S/C12H14O/c1-3-6-11-9(2)10-7-4-5-8-12(10)13-11/h4-5,7-8H,3,6H2,1-2H3. The minimum atomic E-state index is 1.02. The lowest BCUT2D eigenvalue weighted by molar-refractivity contribution is 0.541. The summed E-state index contributed by atoms with van der Waals surface area (Å²) in [5.41, 5.74) is 2.32. The van der Waals surface area contributed by atoms with E-state index in [-0.39, 0.29) is 0 Å². The molecule has 0 unspecified atom stereocenters. The van der Waals surface area contributed by atoms with Gasteiger partial charge in [-0.15, -0.1) is 0 Å². The van der Waals surface area contributed by atoms with E-state index >= 15 is 0 Å². The minimum absolute atomic E-state index is 1.02. The maximum Gasteiger partial charge on any atom is 0.134 e. The van der Waals surface area contributed by atoms with Crippen LogP contribution in [0.5, 0.6) is 0 Å². The van der Waals surface area contributed by atoms with E-state index in [4.69, 9.17) is 4.42 Å². The SMILES string of the molecule is CCCc1oc2ccccc2c1C. The Morgan fingerprint density at radius 3 is 2.69 bits per heavy atom. The lowest BCUT2D eigenvalue weighted by atomic mass is 10.1. The summed E-state index contributed by atoms with van der Waals surface area (Å²) in [6.07, 6.45) is 2.18. The Labute approximate surface area is 78.4 Å². The molecule has 0 bridgehead atoms. The van der Waals surface area contributed by atoms with Gasteiger partial charge in [0.15, 0.2) is 0 Å². The predicted octanol–water partition coefficient (Wildman–Crippen LogP) is 3.69. The molecule has 0 radical (unpaired) electrons. The Morgan fingerprint density at radius 2 is 2.00 bits per heavy atom. The molecule has 1 aromatic carbocycles. The van der Waals surface area contributed by atoms with Crippen molar-refractivity contribution in [3.05, 3.63) is 35.6 Å². The lowest BCUT2D eigenvalue weighted by Gasteiger charge is -1.92. The highest BCUT2D eigenvalue weighted by atomic mass is 16.3. The average molecular weight is 174 g/mol. The zero-order valence-corrected chi connectivity index (χ0v) is 8.13. The molecule has 13 heavy (non-hydrogen) atoms. The van der Waals surface area contributed by atoms with Crippen molar-refractivity contribution < 1.29 is 4.42 Å². The Hall–Kier alpha value is -1.24. The fourth-order valence-corrected chi connectivity index (χ4v) is 1.69. The number of fused-ring (bicyclic) bond motifs is 1. The summed E-state index contributed by atoms with van der Waals surface area (Å²) in [5, 5.41) is 1.26. The van der Waals surface area contributed by atoms with Gasteiger partial charge in [-0.3, -0.25) is 0 Å². The van der Waals surface area contributed by atoms with Gasteiger partial charge in [-0.1, -0.05) is 25.1 Å². The molecule has 0 fully saturated rings. The van der Waals surface area contributed by atoms with Crippen LogP contribution in [-0.2, 0) is 6.42 Å². The quantitative estimate of drug-likeness (QED) is 0.676. The number of rotatable bonds is 2. The van der Waals surface area contributed by atoms with Gasteiger partial charge in [-0.2, -0.15) is 0 Å². The Bertz CT molecular complexity index is 412. The van der Waals surface area contributed by atoms with Gasteiger partial charge in [0, 0.05) is 11.8 Å². The molecule has 0 atom stereocenters. The molecule has 0 amide bonds. The Kier molecular flexibility index (Phi) is 2.09. The van der Waals surface area contributed by atoms with Crippen LogP contribution in [0, 0.1) is 6.92 Å². The maximum absolute atomic E-state index is 5.74. The molecule has 0 saturated carbocycles. The number of para-hydroxylation sites is 1. The molecule has 68 valence electrons. The minimum Gasteiger partial charge on any atom is -0.461 e. The van der Waals surface area contributed by atoms with Gasteiger partial charge < -0.3 is 4.42 Å². The van der Waals surface area contributed by atoms with E-state index < -0.39 is 0 Å². The molecule has 0 aliphatic rings. The van der Waals surface area contributed by atoms with Gasteiger partial charge in [0.05, 0.1) is 0 Å². The summed E-state index contributed by atoms with van der Waals surface area (Å²) < 4.78 is 5.74. The summed E-state index contributed by atoms with van der Waals surface area (Å²) in [6.45, 7) is 4.31. The molecular formula is C12H14O. The van der Waals surface area contributed by atoms with Crippen LogP contribution in [0.3, 0.4) is 0 Å². The third-order valence-electron chi connectivity index (χ3n) is 2.42. The maximum atomic E-state index is 5.74. The normalized spacial score (nSPS) is 10.9. The topological polar surface area (TPSA) is 13.1 Å². The van der Waals surface area contributed by atoms with Crippen LogP contribution in [0.2, 0.25) is 0 Å². The van der Waals surface area contributed by atoms with Crippen molar-refractivity contribution in [3.8, 4) is 0 Å². The summed E-state index contributed by atoms with van der Waals surface area (Å²) in [6, 6.07) is 8.22.